The summed E-state index contributed by atoms with van der Waals surface area (Å²) < 4.78 is 5.45. The van der Waals surface area contributed by atoms with Crippen molar-refractivity contribution >= 4 is 11.4 Å². The molecule has 0 aromatic heterocycles. The molecule has 1 aliphatic rings. The predicted octanol–water partition coefficient (Wildman–Crippen LogP) is 3.68. The molecule has 0 aliphatic carbocycles. The molecule has 0 atom stereocenters. The number of benzene rings is 1. The summed E-state index contributed by atoms with van der Waals surface area (Å²) in [6.45, 7) is 6.86. The maximum absolute atomic E-state index is 5.81. The Morgan fingerprint density at radius 2 is 1.84 bits per heavy atom. The first-order valence-electron chi connectivity index (χ1n) is 7.32. The highest BCUT2D eigenvalue weighted by molar-refractivity contribution is 5.65. The molecule has 1 heterocycles. The van der Waals surface area contributed by atoms with Gasteiger partial charge in [0.05, 0.1) is 12.8 Å². The summed E-state index contributed by atoms with van der Waals surface area (Å²) in [6, 6.07) is 5.95. The van der Waals surface area contributed by atoms with Gasteiger partial charge in [-0.1, -0.05) is 26.7 Å². The number of nitrogens with zero attached hydrogens (tertiary/aromatic N) is 1. The van der Waals surface area contributed by atoms with Gasteiger partial charge in [0.1, 0.15) is 5.75 Å². The van der Waals surface area contributed by atoms with Crippen molar-refractivity contribution in [2.24, 2.45) is 5.41 Å². The minimum atomic E-state index is 0.524. The van der Waals surface area contributed by atoms with Gasteiger partial charge in [0.25, 0.3) is 0 Å². The maximum Gasteiger partial charge on any atom is 0.144 e. The number of hydrogen-bond acceptors (Lipinski definition) is 3. The second kappa shape index (κ2) is 5.72. The van der Waals surface area contributed by atoms with Crippen LogP contribution in [0.15, 0.2) is 18.2 Å². The summed E-state index contributed by atoms with van der Waals surface area (Å²) in [5.74, 6) is 0.890. The van der Waals surface area contributed by atoms with Gasteiger partial charge in [-0.3, -0.25) is 0 Å². The number of anilines is 2. The van der Waals surface area contributed by atoms with Crippen molar-refractivity contribution in [1.29, 1.82) is 0 Å². The van der Waals surface area contributed by atoms with Crippen LogP contribution in [0.25, 0.3) is 0 Å². The lowest BCUT2D eigenvalue weighted by Crippen LogP contribution is -2.56. The first-order valence-corrected chi connectivity index (χ1v) is 7.32. The summed E-state index contributed by atoms with van der Waals surface area (Å²) >= 11 is 0. The number of nitrogen functional groups attached to an aromatic ring is 1. The Balaban J connectivity index is 2.10. The van der Waals surface area contributed by atoms with Crippen molar-refractivity contribution in [3.05, 3.63) is 18.2 Å². The molecule has 1 aliphatic heterocycles. The molecule has 0 unspecified atom stereocenters. The van der Waals surface area contributed by atoms with E-state index in [1.54, 1.807) is 7.11 Å². The highest BCUT2D eigenvalue weighted by Gasteiger charge is 2.41. The number of hydrogen-bond donors (Lipinski definition) is 1. The third kappa shape index (κ3) is 2.80. The van der Waals surface area contributed by atoms with E-state index in [0.29, 0.717) is 5.41 Å². The molecule has 2 N–H and O–H groups in total. The summed E-state index contributed by atoms with van der Waals surface area (Å²) in [5, 5.41) is 0. The van der Waals surface area contributed by atoms with Gasteiger partial charge in [-0.15, -0.1) is 0 Å². The van der Waals surface area contributed by atoms with Crippen LogP contribution in [-0.2, 0) is 0 Å². The Morgan fingerprint density at radius 1 is 1.21 bits per heavy atom. The van der Waals surface area contributed by atoms with Crippen molar-refractivity contribution in [1.82, 2.24) is 0 Å². The van der Waals surface area contributed by atoms with Crippen LogP contribution in [0.2, 0.25) is 0 Å². The average molecular weight is 262 g/mol. The topological polar surface area (TPSA) is 38.5 Å². The van der Waals surface area contributed by atoms with Crippen LogP contribution in [0.1, 0.15) is 39.5 Å². The first kappa shape index (κ1) is 14.0. The average Bonchev–Trinajstić information content (AvgIpc) is 2.36. The van der Waals surface area contributed by atoms with Gasteiger partial charge in [0.2, 0.25) is 0 Å². The van der Waals surface area contributed by atoms with Crippen LogP contribution >= 0.6 is 0 Å². The van der Waals surface area contributed by atoms with Crippen molar-refractivity contribution in [2.75, 3.05) is 30.8 Å². The van der Waals surface area contributed by atoms with Gasteiger partial charge in [0.15, 0.2) is 0 Å². The van der Waals surface area contributed by atoms with Crippen LogP contribution in [-0.4, -0.2) is 20.2 Å². The molecule has 1 fully saturated rings. The minimum absolute atomic E-state index is 0.524. The Kier molecular flexibility index (Phi) is 4.23. The van der Waals surface area contributed by atoms with E-state index in [-0.39, 0.29) is 0 Å². The normalized spacial score (nSPS) is 17.1. The van der Waals surface area contributed by atoms with E-state index in [9.17, 15) is 0 Å². The Morgan fingerprint density at radius 3 is 2.37 bits per heavy atom. The molecular formula is C16H26N2O. The smallest absolute Gasteiger partial charge is 0.144 e. The largest absolute Gasteiger partial charge is 0.495 e. The van der Waals surface area contributed by atoms with E-state index >= 15 is 0 Å². The monoisotopic (exact) mass is 262 g/mol. The van der Waals surface area contributed by atoms with Crippen LogP contribution in [0.5, 0.6) is 5.75 Å². The quantitative estimate of drug-likeness (QED) is 0.795. The molecule has 1 aromatic rings. The SMILES string of the molecule is CCCC1(CCC)CN(c2ccc(N)cc2OC)C1. The van der Waals surface area contributed by atoms with Crippen LogP contribution < -0.4 is 15.4 Å². The van der Waals surface area contributed by atoms with Crippen LogP contribution in [0.4, 0.5) is 11.4 Å². The van der Waals surface area contributed by atoms with E-state index in [1.807, 2.05) is 12.1 Å². The fourth-order valence-corrected chi connectivity index (χ4v) is 3.39. The van der Waals surface area contributed by atoms with E-state index < -0.39 is 0 Å². The summed E-state index contributed by atoms with van der Waals surface area (Å²) in [6.07, 6.45) is 5.20. The van der Waals surface area contributed by atoms with Crippen LogP contribution in [0.3, 0.4) is 0 Å². The molecule has 2 rings (SSSR count). The molecular weight excluding hydrogens is 236 g/mol. The third-order valence-corrected chi connectivity index (χ3v) is 4.16. The van der Waals surface area contributed by atoms with Crippen molar-refractivity contribution in [2.45, 2.75) is 39.5 Å². The molecule has 3 nitrogen and oxygen atoms in total. The lowest BCUT2D eigenvalue weighted by atomic mass is 9.72. The zero-order chi connectivity index (χ0) is 13.9. The van der Waals surface area contributed by atoms with Crippen molar-refractivity contribution in [3.63, 3.8) is 0 Å². The Hall–Kier alpha value is -1.38. The van der Waals surface area contributed by atoms with Gasteiger partial charge in [-0.05, 0) is 25.0 Å². The molecule has 106 valence electrons. The standard InChI is InChI=1S/C16H26N2O/c1-4-8-16(9-5-2)11-18(12-16)14-7-6-13(17)10-15(14)19-3/h6-7,10H,4-5,8-9,11-12,17H2,1-3H3. The lowest BCUT2D eigenvalue weighted by Gasteiger charge is -2.52. The van der Waals surface area contributed by atoms with E-state index in [4.69, 9.17) is 10.5 Å². The zero-order valence-corrected chi connectivity index (χ0v) is 12.4. The Labute approximate surface area is 116 Å². The molecule has 19 heavy (non-hydrogen) atoms. The second-order valence-electron chi connectivity index (χ2n) is 5.79. The minimum Gasteiger partial charge on any atom is -0.495 e. The van der Waals surface area contributed by atoms with Gasteiger partial charge in [0, 0.05) is 30.3 Å². The molecule has 3 heteroatoms. The number of methoxy groups -OCH3 is 1. The lowest BCUT2D eigenvalue weighted by molar-refractivity contribution is 0.172. The predicted molar refractivity (Wildman–Crippen MR) is 81.9 cm³/mol. The molecule has 0 amide bonds. The molecule has 0 saturated carbocycles. The molecule has 0 radical (unpaired) electrons. The number of nitrogens with two attached hydrogens (primary N) is 1. The first-order chi connectivity index (χ1) is 9.14. The third-order valence-electron chi connectivity index (χ3n) is 4.16. The Bertz CT molecular complexity index is 417. The zero-order valence-electron chi connectivity index (χ0n) is 12.4. The van der Waals surface area contributed by atoms with E-state index in [2.05, 4.69) is 24.8 Å². The molecule has 1 saturated heterocycles. The number of rotatable bonds is 6. The van der Waals surface area contributed by atoms with Gasteiger partial charge in [-0.25, -0.2) is 0 Å². The van der Waals surface area contributed by atoms with Gasteiger partial charge >= 0.3 is 0 Å². The maximum atomic E-state index is 5.81. The number of ether oxygens (including phenoxy) is 1. The van der Waals surface area contributed by atoms with Crippen LogP contribution in [0, 0.1) is 5.41 Å². The second-order valence-corrected chi connectivity index (χ2v) is 5.79. The molecule has 0 spiro atoms. The van der Waals surface area contributed by atoms with Crippen molar-refractivity contribution in [3.8, 4) is 5.75 Å². The highest BCUT2D eigenvalue weighted by atomic mass is 16.5. The summed E-state index contributed by atoms with van der Waals surface area (Å²) in [4.78, 5) is 2.42. The molecule has 0 bridgehead atoms. The van der Waals surface area contributed by atoms with Crippen molar-refractivity contribution < 1.29 is 4.74 Å². The van der Waals surface area contributed by atoms with Gasteiger partial charge < -0.3 is 15.4 Å². The fraction of sp³-hybridized carbons (Fsp3) is 0.625. The highest BCUT2D eigenvalue weighted by Crippen LogP contribution is 2.44. The van der Waals surface area contributed by atoms with Gasteiger partial charge in [-0.2, -0.15) is 0 Å². The molecule has 1 aromatic carbocycles. The summed E-state index contributed by atoms with van der Waals surface area (Å²) in [7, 11) is 1.71. The van der Waals surface area contributed by atoms with E-state index in [1.165, 1.54) is 31.4 Å². The fourth-order valence-electron chi connectivity index (χ4n) is 3.39. The van der Waals surface area contributed by atoms with E-state index in [0.717, 1.165) is 24.5 Å². The summed E-state index contributed by atoms with van der Waals surface area (Å²) in [5.41, 5.74) is 8.28.